The van der Waals surface area contributed by atoms with E-state index in [2.05, 4.69) is 0 Å². The summed E-state index contributed by atoms with van der Waals surface area (Å²) >= 11 is 7.56. The zero-order valence-electron chi connectivity index (χ0n) is 14.0. The molecule has 130 valence electrons. The summed E-state index contributed by atoms with van der Waals surface area (Å²) in [6.45, 7) is 2.25. The van der Waals surface area contributed by atoms with Crippen LogP contribution in [0.3, 0.4) is 0 Å². The zero-order valence-corrected chi connectivity index (χ0v) is 15.6. The Morgan fingerprint density at radius 1 is 1.15 bits per heavy atom. The fraction of sp³-hybridized carbons (Fsp3) is 0.100. The first kappa shape index (κ1) is 16.8. The SMILES string of the molecule is Cc1sc(C2=C(O)CN(c3cccc(Cl)c3)C2=N)nc1-c1ccccc1. The van der Waals surface area contributed by atoms with E-state index in [9.17, 15) is 5.11 Å². The molecule has 1 aromatic heterocycles. The summed E-state index contributed by atoms with van der Waals surface area (Å²) in [4.78, 5) is 7.50. The van der Waals surface area contributed by atoms with E-state index >= 15 is 0 Å². The van der Waals surface area contributed by atoms with Crippen molar-refractivity contribution < 1.29 is 5.11 Å². The molecule has 1 aliphatic heterocycles. The predicted molar refractivity (Wildman–Crippen MR) is 108 cm³/mol. The molecule has 0 spiro atoms. The van der Waals surface area contributed by atoms with Gasteiger partial charge in [0.1, 0.15) is 16.6 Å². The standard InChI is InChI=1S/C20H16ClN3OS/c1-12-18(13-6-3-2-4-7-13)23-20(26-12)17-16(25)11-24(19(17)22)15-9-5-8-14(21)10-15/h2-10,22,25H,11H2,1H3. The van der Waals surface area contributed by atoms with Gasteiger partial charge in [0, 0.05) is 21.2 Å². The second kappa shape index (κ2) is 6.59. The van der Waals surface area contributed by atoms with Crippen molar-refractivity contribution in [3.05, 3.63) is 75.3 Å². The maximum absolute atomic E-state index is 10.5. The average molecular weight is 382 g/mol. The van der Waals surface area contributed by atoms with Gasteiger partial charge >= 0.3 is 0 Å². The number of aliphatic hydroxyl groups is 1. The average Bonchev–Trinajstić information content (AvgIpc) is 3.15. The molecule has 2 aromatic carbocycles. The molecule has 3 aromatic rings. The van der Waals surface area contributed by atoms with Gasteiger partial charge in [-0.2, -0.15) is 0 Å². The number of aliphatic hydroxyl groups excluding tert-OH is 1. The molecular formula is C20H16ClN3OS. The summed E-state index contributed by atoms with van der Waals surface area (Å²) in [6, 6.07) is 17.2. The summed E-state index contributed by atoms with van der Waals surface area (Å²) in [5.41, 5.74) is 3.18. The molecule has 0 saturated heterocycles. The summed E-state index contributed by atoms with van der Waals surface area (Å²) in [6.07, 6.45) is 0. The summed E-state index contributed by atoms with van der Waals surface area (Å²) in [5, 5.41) is 20.3. The molecule has 6 heteroatoms. The van der Waals surface area contributed by atoms with Crippen molar-refractivity contribution in [1.29, 1.82) is 5.41 Å². The Hall–Kier alpha value is -2.63. The molecule has 26 heavy (non-hydrogen) atoms. The lowest BCUT2D eigenvalue weighted by atomic mass is 10.1. The Morgan fingerprint density at radius 3 is 2.65 bits per heavy atom. The minimum Gasteiger partial charge on any atom is -0.510 e. The number of rotatable bonds is 3. The molecule has 2 N–H and O–H groups in total. The van der Waals surface area contributed by atoms with Gasteiger partial charge in [0.25, 0.3) is 0 Å². The van der Waals surface area contributed by atoms with Gasteiger partial charge in [0.05, 0.1) is 17.8 Å². The molecule has 0 unspecified atom stereocenters. The van der Waals surface area contributed by atoms with Crippen LogP contribution in [0.25, 0.3) is 16.8 Å². The van der Waals surface area contributed by atoms with Crippen molar-refractivity contribution in [2.24, 2.45) is 0 Å². The highest BCUT2D eigenvalue weighted by Crippen LogP contribution is 2.37. The quantitative estimate of drug-likeness (QED) is 0.626. The van der Waals surface area contributed by atoms with Crippen LogP contribution in [0.1, 0.15) is 9.88 Å². The highest BCUT2D eigenvalue weighted by Gasteiger charge is 2.31. The van der Waals surface area contributed by atoms with Crippen LogP contribution in [0.5, 0.6) is 0 Å². The molecule has 0 bridgehead atoms. The van der Waals surface area contributed by atoms with Crippen LogP contribution in [0.2, 0.25) is 5.02 Å². The van der Waals surface area contributed by atoms with Gasteiger partial charge in [0.15, 0.2) is 0 Å². The Balaban J connectivity index is 1.70. The molecule has 0 amide bonds. The van der Waals surface area contributed by atoms with E-state index in [1.807, 2.05) is 49.4 Å². The summed E-state index contributed by atoms with van der Waals surface area (Å²) < 4.78 is 0. The van der Waals surface area contributed by atoms with Crippen LogP contribution in [-0.2, 0) is 0 Å². The third-order valence-electron chi connectivity index (χ3n) is 4.28. The van der Waals surface area contributed by atoms with E-state index in [1.54, 1.807) is 17.0 Å². The number of thiazole rings is 1. The highest BCUT2D eigenvalue weighted by atomic mass is 35.5. The van der Waals surface area contributed by atoms with Crippen molar-refractivity contribution in [1.82, 2.24) is 4.98 Å². The Kier molecular flexibility index (Phi) is 4.26. The molecule has 2 heterocycles. The second-order valence-electron chi connectivity index (χ2n) is 6.03. The maximum Gasteiger partial charge on any atom is 0.139 e. The minimum absolute atomic E-state index is 0.156. The van der Waals surface area contributed by atoms with Crippen molar-refractivity contribution >= 4 is 40.0 Å². The zero-order chi connectivity index (χ0) is 18.3. The largest absolute Gasteiger partial charge is 0.510 e. The number of anilines is 1. The molecular weight excluding hydrogens is 366 g/mol. The first-order chi connectivity index (χ1) is 12.5. The molecule has 4 nitrogen and oxygen atoms in total. The van der Waals surface area contributed by atoms with Gasteiger partial charge in [-0.1, -0.05) is 48.0 Å². The first-order valence-corrected chi connectivity index (χ1v) is 9.31. The first-order valence-electron chi connectivity index (χ1n) is 8.12. The maximum atomic E-state index is 10.5. The molecule has 0 radical (unpaired) electrons. The second-order valence-corrected chi connectivity index (χ2v) is 7.67. The third-order valence-corrected chi connectivity index (χ3v) is 5.50. The molecule has 0 saturated carbocycles. The fourth-order valence-electron chi connectivity index (χ4n) is 3.04. The topological polar surface area (TPSA) is 60.2 Å². The Labute approximate surface area is 160 Å². The van der Waals surface area contributed by atoms with E-state index in [0.717, 1.165) is 21.8 Å². The van der Waals surface area contributed by atoms with Gasteiger partial charge in [-0.05, 0) is 25.1 Å². The number of halogens is 1. The summed E-state index contributed by atoms with van der Waals surface area (Å²) in [5.74, 6) is 0.390. The van der Waals surface area contributed by atoms with Crippen LogP contribution < -0.4 is 4.90 Å². The van der Waals surface area contributed by atoms with Crippen LogP contribution in [0.15, 0.2) is 60.4 Å². The minimum atomic E-state index is 0.156. The molecule has 0 aliphatic carbocycles. The van der Waals surface area contributed by atoms with E-state index in [1.165, 1.54) is 11.3 Å². The molecule has 0 fully saturated rings. The third kappa shape index (κ3) is 2.89. The van der Waals surface area contributed by atoms with Crippen molar-refractivity contribution in [3.8, 4) is 11.3 Å². The monoisotopic (exact) mass is 381 g/mol. The number of benzene rings is 2. The van der Waals surface area contributed by atoms with Gasteiger partial charge < -0.3 is 10.0 Å². The number of aromatic nitrogens is 1. The van der Waals surface area contributed by atoms with Gasteiger partial charge in [-0.25, -0.2) is 4.98 Å². The van der Waals surface area contributed by atoms with Gasteiger partial charge in [0.2, 0.25) is 0 Å². The molecule has 1 aliphatic rings. The highest BCUT2D eigenvalue weighted by molar-refractivity contribution is 7.13. The van der Waals surface area contributed by atoms with Crippen LogP contribution >= 0.6 is 22.9 Å². The van der Waals surface area contributed by atoms with Crippen LogP contribution in [0, 0.1) is 12.3 Å². The lowest BCUT2D eigenvalue weighted by Crippen LogP contribution is -2.25. The Bertz CT molecular complexity index is 1030. The smallest absolute Gasteiger partial charge is 0.139 e. The normalized spacial score (nSPS) is 14.4. The van der Waals surface area contributed by atoms with Crippen molar-refractivity contribution in [3.63, 3.8) is 0 Å². The van der Waals surface area contributed by atoms with E-state index in [-0.39, 0.29) is 18.1 Å². The number of hydrogen-bond acceptors (Lipinski definition) is 4. The lowest BCUT2D eigenvalue weighted by Gasteiger charge is -2.18. The summed E-state index contributed by atoms with van der Waals surface area (Å²) in [7, 11) is 0. The van der Waals surface area contributed by atoms with Crippen molar-refractivity contribution in [2.75, 3.05) is 11.4 Å². The predicted octanol–water partition coefficient (Wildman–Crippen LogP) is 5.54. The van der Waals surface area contributed by atoms with Crippen molar-refractivity contribution in [2.45, 2.75) is 6.92 Å². The van der Waals surface area contributed by atoms with E-state index in [4.69, 9.17) is 22.0 Å². The lowest BCUT2D eigenvalue weighted by molar-refractivity contribution is 0.411. The number of amidine groups is 1. The van der Waals surface area contributed by atoms with E-state index in [0.29, 0.717) is 15.6 Å². The van der Waals surface area contributed by atoms with Gasteiger partial charge in [-0.3, -0.25) is 5.41 Å². The van der Waals surface area contributed by atoms with Gasteiger partial charge in [-0.15, -0.1) is 11.3 Å². The number of hydrogen-bond donors (Lipinski definition) is 2. The van der Waals surface area contributed by atoms with Crippen LogP contribution in [-0.4, -0.2) is 22.5 Å². The number of aryl methyl sites for hydroxylation is 1. The van der Waals surface area contributed by atoms with E-state index < -0.39 is 0 Å². The fourth-order valence-corrected chi connectivity index (χ4v) is 4.22. The Morgan fingerprint density at radius 2 is 1.92 bits per heavy atom. The molecule has 4 rings (SSSR count). The number of nitrogens with zero attached hydrogens (tertiary/aromatic N) is 2. The molecule has 0 atom stereocenters. The number of nitrogens with one attached hydrogen (secondary N) is 1. The van der Waals surface area contributed by atoms with Crippen LogP contribution in [0.4, 0.5) is 5.69 Å².